The van der Waals surface area contributed by atoms with Crippen LogP contribution in [0.5, 0.6) is 23.0 Å². The van der Waals surface area contributed by atoms with Gasteiger partial charge in [0, 0.05) is 43.0 Å². The summed E-state index contributed by atoms with van der Waals surface area (Å²) in [4.78, 5) is 8.99. The standard InChI is InChI=1S/C39H31N3O2/c1-41-21-22-42(28-41)34-14-8-18-38(27-34)44-37-17-7-13-33(25-37)39-26-32(19-20-40-39)31-12-6-16-36(24-31)43-35-15-5-11-30(23-35)29-9-3-2-4-10-29/h2-27H,28H2,1H3. The Kier molecular flexibility index (Phi) is 7.50. The number of hydrogen-bond donors (Lipinski definition) is 0. The van der Waals surface area contributed by atoms with E-state index in [1.54, 1.807) is 0 Å². The zero-order chi connectivity index (χ0) is 29.7. The first-order valence-corrected chi connectivity index (χ1v) is 14.6. The molecule has 0 radical (unpaired) electrons. The van der Waals surface area contributed by atoms with E-state index in [1.807, 2.05) is 85.1 Å². The molecule has 44 heavy (non-hydrogen) atoms. The molecule has 214 valence electrons. The van der Waals surface area contributed by atoms with Crippen LogP contribution in [0.25, 0.3) is 33.5 Å². The lowest BCUT2D eigenvalue weighted by atomic mass is 10.0. The molecule has 0 saturated heterocycles. The Balaban J connectivity index is 1.09. The molecule has 0 amide bonds. The summed E-state index contributed by atoms with van der Waals surface area (Å²) >= 11 is 0. The van der Waals surface area contributed by atoms with Gasteiger partial charge in [-0.25, -0.2) is 0 Å². The first kappa shape index (κ1) is 27.0. The summed E-state index contributed by atoms with van der Waals surface area (Å²) in [7, 11) is 2.06. The van der Waals surface area contributed by atoms with Crippen molar-refractivity contribution >= 4 is 5.69 Å². The Morgan fingerprint density at radius 1 is 0.500 bits per heavy atom. The minimum absolute atomic E-state index is 0.758. The molecule has 5 heteroatoms. The molecule has 0 N–H and O–H groups in total. The van der Waals surface area contributed by atoms with Gasteiger partial charge >= 0.3 is 0 Å². The molecular weight excluding hydrogens is 542 g/mol. The fraction of sp³-hybridized carbons (Fsp3) is 0.0513. The van der Waals surface area contributed by atoms with Gasteiger partial charge in [0.1, 0.15) is 23.0 Å². The zero-order valence-electron chi connectivity index (χ0n) is 24.4. The van der Waals surface area contributed by atoms with Crippen LogP contribution in [0.1, 0.15) is 0 Å². The molecule has 1 aliphatic heterocycles. The number of benzene rings is 5. The van der Waals surface area contributed by atoms with Crippen molar-refractivity contribution in [2.45, 2.75) is 0 Å². The molecule has 0 spiro atoms. The van der Waals surface area contributed by atoms with Crippen LogP contribution in [0.4, 0.5) is 5.69 Å². The lowest BCUT2D eigenvalue weighted by molar-refractivity contribution is 0.481. The largest absolute Gasteiger partial charge is 0.457 e. The van der Waals surface area contributed by atoms with Crippen LogP contribution in [0.2, 0.25) is 0 Å². The van der Waals surface area contributed by atoms with E-state index >= 15 is 0 Å². The maximum atomic E-state index is 6.29. The monoisotopic (exact) mass is 573 g/mol. The minimum Gasteiger partial charge on any atom is -0.457 e. The van der Waals surface area contributed by atoms with Crippen molar-refractivity contribution in [2.24, 2.45) is 0 Å². The lowest BCUT2D eigenvalue weighted by Crippen LogP contribution is -2.21. The summed E-state index contributed by atoms with van der Waals surface area (Å²) in [5.41, 5.74) is 7.32. The Morgan fingerprint density at radius 2 is 1.05 bits per heavy atom. The highest BCUT2D eigenvalue weighted by atomic mass is 16.5. The molecule has 6 aromatic rings. The Hall–Kier alpha value is -5.81. The number of anilines is 1. The molecule has 5 aromatic carbocycles. The van der Waals surface area contributed by atoms with Gasteiger partial charge in [0.2, 0.25) is 0 Å². The van der Waals surface area contributed by atoms with Gasteiger partial charge in [-0.05, 0) is 82.9 Å². The number of ether oxygens (including phenoxy) is 2. The Labute approximate surface area is 257 Å². The van der Waals surface area contributed by atoms with E-state index in [0.29, 0.717) is 0 Å². The zero-order valence-corrected chi connectivity index (χ0v) is 24.4. The van der Waals surface area contributed by atoms with Gasteiger partial charge in [0.25, 0.3) is 0 Å². The Morgan fingerprint density at radius 3 is 1.70 bits per heavy atom. The summed E-state index contributed by atoms with van der Waals surface area (Å²) in [6.45, 7) is 0.817. The molecule has 7 rings (SSSR count). The lowest BCUT2D eigenvalue weighted by Gasteiger charge is -2.19. The van der Waals surface area contributed by atoms with E-state index in [9.17, 15) is 0 Å². The second kappa shape index (κ2) is 12.2. The van der Waals surface area contributed by atoms with Crippen LogP contribution >= 0.6 is 0 Å². The maximum absolute atomic E-state index is 6.29. The number of nitrogens with zero attached hydrogens (tertiary/aromatic N) is 3. The summed E-state index contributed by atoms with van der Waals surface area (Å²) in [6.07, 6.45) is 5.98. The number of rotatable bonds is 8. The van der Waals surface area contributed by atoms with E-state index in [2.05, 4.69) is 94.9 Å². The van der Waals surface area contributed by atoms with E-state index < -0.39 is 0 Å². The maximum Gasteiger partial charge on any atom is 0.129 e. The number of aromatic nitrogens is 1. The van der Waals surface area contributed by atoms with Crippen molar-refractivity contribution in [3.05, 3.63) is 158 Å². The molecule has 5 nitrogen and oxygen atoms in total. The average molecular weight is 574 g/mol. The molecule has 0 bridgehead atoms. The third-order valence-corrected chi connectivity index (χ3v) is 7.50. The van der Waals surface area contributed by atoms with Gasteiger partial charge in [-0.1, -0.05) is 72.8 Å². The Bertz CT molecular complexity index is 1940. The first-order valence-electron chi connectivity index (χ1n) is 14.6. The van der Waals surface area contributed by atoms with Crippen LogP contribution in [-0.2, 0) is 0 Å². The van der Waals surface area contributed by atoms with Crippen molar-refractivity contribution in [1.29, 1.82) is 0 Å². The fourth-order valence-corrected chi connectivity index (χ4v) is 5.29. The van der Waals surface area contributed by atoms with E-state index in [-0.39, 0.29) is 0 Å². The first-order chi connectivity index (χ1) is 21.7. The summed E-state index contributed by atoms with van der Waals surface area (Å²) in [5, 5.41) is 0. The van der Waals surface area contributed by atoms with Gasteiger partial charge in [-0.2, -0.15) is 0 Å². The molecule has 1 aliphatic rings. The second-order valence-corrected chi connectivity index (χ2v) is 10.7. The third-order valence-electron chi connectivity index (χ3n) is 7.50. The quantitative estimate of drug-likeness (QED) is 0.181. The van der Waals surface area contributed by atoms with E-state index in [1.165, 1.54) is 0 Å². The highest BCUT2D eigenvalue weighted by Crippen LogP contribution is 2.33. The SMILES string of the molecule is CN1C=CN(c2cccc(Oc3cccc(-c4cc(-c5cccc(Oc6cccc(-c7ccccc7)c6)c5)ccn4)c3)c2)C1. The van der Waals surface area contributed by atoms with Crippen LogP contribution in [0.3, 0.4) is 0 Å². The molecule has 0 saturated carbocycles. The topological polar surface area (TPSA) is 37.8 Å². The fourth-order valence-electron chi connectivity index (χ4n) is 5.29. The normalized spacial score (nSPS) is 12.4. The van der Waals surface area contributed by atoms with Gasteiger partial charge < -0.3 is 19.3 Å². The molecule has 0 aliphatic carbocycles. The van der Waals surface area contributed by atoms with Crippen molar-refractivity contribution in [3.8, 4) is 56.5 Å². The van der Waals surface area contributed by atoms with Gasteiger partial charge in [-0.3, -0.25) is 4.98 Å². The molecular formula is C39H31N3O2. The molecule has 0 atom stereocenters. The minimum atomic E-state index is 0.758. The van der Waals surface area contributed by atoms with Crippen LogP contribution in [-0.4, -0.2) is 23.6 Å². The van der Waals surface area contributed by atoms with Crippen LogP contribution in [0.15, 0.2) is 158 Å². The average Bonchev–Trinajstić information content (AvgIpc) is 3.52. The summed E-state index contributed by atoms with van der Waals surface area (Å²) in [6, 6.07) is 47.0. The van der Waals surface area contributed by atoms with Gasteiger partial charge in [0.15, 0.2) is 0 Å². The molecule has 2 heterocycles. The highest BCUT2D eigenvalue weighted by molar-refractivity contribution is 5.72. The molecule has 0 unspecified atom stereocenters. The molecule has 0 fully saturated rings. The van der Waals surface area contributed by atoms with Gasteiger partial charge in [-0.15, -0.1) is 0 Å². The predicted molar refractivity (Wildman–Crippen MR) is 178 cm³/mol. The number of pyridine rings is 1. The van der Waals surface area contributed by atoms with E-state index in [4.69, 9.17) is 9.47 Å². The van der Waals surface area contributed by atoms with Crippen LogP contribution < -0.4 is 14.4 Å². The van der Waals surface area contributed by atoms with Crippen molar-refractivity contribution in [3.63, 3.8) is 0 Å². The highest BCUT2D eigenvalue weighted by Gasteiger charge is 2.12. The van der Waals surface area contributed by atoms with Crippen molar-refractivity contribution in [2.75, 3.05) is 18.6 Å². The predicted octanol–water partition coefficient (Wildman–Crippen LogP) is 9.85. The second-order valence-electron chi connectivity index (χ2n) is 10.7. The van der Waals surface area contributed by atoms with Crippen molar-refractivity contribution < 1.29 is 9.47 Å². The summed E-state index contributed by atoms with van der Waals surface area (Å²) in [5.74, 6) is 3.12. The molecule has 1 aromatic heterocycles. The van der Waals surface area contributed by atoms with Crippen molar-refractivity contribution in [1.82, 2.24) is 9.88 Å². The number of hydrogen-bond acceptors (Lipinski definition) is 5. The van der Waals surface area contributed by atoms with Gasteiger partial charge in [0.05, 0.1) is 12.4 Å². The third kappa shape index (κ3) is 6.18. The summed E-state index contributed by atoms with van der Waals surface area (Å²) < 4.78 is 12.6. The van der Waals surface area contributed by atoms with Crippen LogP contribution in [0, 0.1) is 0 Å². The van der Waals surface area contributed by atoms with E-state index in [0.717, 1.165) is 68.9 Å². The smallest absolute Gasteiger partial charge is 0.129 e.